The third-order valence-corrected chi connectivity index (χ3v) is 4.84. The van der Waals surface area contributed by atoms with E-state index in [4.69, 9.17) is 4.74 Å². The molecular weight excluding hydrogens is 334 g/mol. The summed E-state index contributed by atoms with van der Waals surface area (Å²) in [6.07, 6.45) is 0. The standard InChI is InChI=1S/C24H21NO2/c1-17-13-14-21-20(15-17)22(24(26)27-2)23(19-11-7-4-8-12-19)25(21)16-18-9-5-3-6-10-18/h3-15H,16H2,1-2H3. The Morgan fingerprint density at radius 2 is 1.59 bits per heavy atom. The SMILES string of the molecule is COC(=O)c1c(-c2ccccc2)n(Cc2ccccc2)c2ccc(C)cc12. The molecule has 0 saturated carbocycles. The lowest BCUT2D eigenvalue weighted by Crippen LogP contribution is -2.06. The first kappa shape index (κ1) is 17.1. The minimum Gasteiger partial charge on any atom is -0.465 e. The summed E-state index contributed by atoms with van der Waals surface area (Å²) in [5, 5.41) is 0.927. The predicted molar refractivity (Wildman–Crippen MR) is 109 cm³/mol. The second-order valence-electron chi connectivity index (χ2n) is 6.67. The Hall–Kier alpha value is -3.33. The van der Waals surface area contributed by atoms with E-state index < -0.39 is 0 Å². The van der Waals surface area contributed by atoms with Crippen molar-refractivity contribution in [3.63, 3.8) is 0 Å². The van der Waals surface area contributed by atoms with Crippen LogP contribution in [0.25, 0.3) is 22.2 Å². The molecule has 0 aliphatic heterocycles. The summed E-state index contributed by atoms with van der Waals surface area (Å²) in [7, 11) is 1.44. The van der Waals surface area contributed by atoms with Gasteiger partial charge in [0.1, 0.15) is 0 Å². The topological polar surface area (TPSA) is 31.2 Å². The summed E-state index contributed by atoms with van der Waals surface area (Å²) in [4.78, 5) is 12.8. The molecule has 134 valence electrons. The van der Waals surface area contributed by atoms with Gasteiger partial charge in [-0.3, -0.25) is 0 Å². The summed E-state index contributed by atoms with van der Waals surface area (Å²) in [6.45, 7) is 2.72. The molecule has 0 N–H and O–H groups in total. The lowest BCUT2D eigenvalue weighted by molar-refractivity contribution is 0.0603. The average Bonchev–Trinajstić information content (AvgIpc) is 3.02. The molecule has 3 nitrogen and oxygen atoms in total. The van der Waals surface area contributed by atoms with Gasteiger partial charge < -0.3 is 9.30 Å². The molecule has 3 aromatic carbocycles. The fourth-order valence-electron chi connectivity index (χ4n) is 3.60. The summed E-state index contributed by atoms with van der Waals surface area (Å²) < 4.78 is 7.37. The van der Waals surface area contributed by atoms with Gasteiger partial charge >= 0.3 is 5.97 Å². The van der Waals surface area contributed by atoms with Crippen molar-refractivity contribution in [1.29, 1.82) is 0 Å². The van der Waals surface area contributed by atoms with Gasteiger partial charge in [0, 0.05) is 17.4 Å². The molecule has 0 unspecified atom stereocenters. The highest BCUT2D eigenvalue weighted by molar-refractivity contribution is 6.10. The maximum Gasteiger partial charge on any atom is 0.340 e. The Bertz CT molecular complexity index is 1100. The van der Waals surface area contributed by atoms with Crippen molar-refractivity contribution in [3.05, 3.63) is 95.6 Å². The minimum absolute atomic E-state index is 0.309. The van der Waals surface area contributed by atoms with Crippen LogP contribution >= 0.6 is 0 Å². The number of esters is 1. The van der Waals surface area contributed by atoms with E-state index in [1.807, 2.05) is 55.5 Å². The van der Waals surface area contributed by atoms with Crippen molar-refractivity contribution in [2.75, 3.05) is 7.11 Å². The number of hydrogen-bond acceptors (Lipinski definition) is 2. The molecule has 0 aliphatic carbocycles. The number of aromatic nitrogens is 1. The highest BCUT2D eigenvalue weighted by Crippen LogP contribution is 2.35. The van der Waals surface area contributed by atoms with Gasteiger partial charge in [-0.2, -0.15) is 0 Å². The molecule has 0 aliphatic rings. The van der Waals surface area contributed by atoms with E-state index in [9.17, 15) is 4.79 Å². The highest BCUT2D eigenvalue weighted by atomic mass is 16.5. The van der Waals surface area contributed by atoms with Crippen LogP contribution in [0.5, 0.6) is 0 Å². The van der Waals surface area contributed by atoms with Crippen molar-refractivity contribution in [2.45, 2.75) is 13.5 Å². The van der Waals surface area contributed by atoms with Crippen LogP contribution in [0.3, 0.4) is 0 Å². The Labute approximate surface area is 158 Å². The normalized spacial score (nSPS) is 10.9. The summed E-state index contributed by atoms with van der Waals surface area (Å²) >= 11 is 0. The molecule has 4 aromatic rings. The van der Waals surface area contributed by atoms with Gasteiger partial charge in [-0.25, -0.2) is 4.79 Å². The first-order valence-electron chi connectivity index (χ1n) is 8.99. The lowest BCUT2D eigenvalue weighted by atomic mass is 10.0. The zero-order valence-corrected chi connectivity index (χ0v) is 15.5. The number of hydrogen-bond donors (Lipinski definition) is 0. The fourth-order valence-corrected chi connectivity index (χ4v) is 3.60. The number of carbonyl (C=O) groups excluding carboxylic acids is 1. The molecule has 0 bridgehead atoms. The number of carbonyl (C=O) groups is 1. The van der Waals surface area contributed by atoms with Crippen LogP contribution in [-0.4, -0.2) is 17.6 Å². The number of benzene rings is 3. The third kappa shape index (κ3) is 3.13. The first-order chi connectivity index (χ1) is 13.2. The Morgan fingerprint density at radius 3 is 2.26 bits per heavy atom. The van der Waals surface area contributed by atoms with E-state index in [1.165, 1.54) is 12.7 Å². The van der Waals surface area contributed by atoms with Crippen LogP contribution in [0.2, 0.25) is 0 Å². The van der Waals surface area contributed by atoms with Gasteiger partial charge in [0.05, 0.1) is 18.4 Å². The van der Waals surface area contributed by atoms with Gasteiger partial charge in [-0.1, -0.05) is 72.3 Å². The van der Waals surface area contributed by atoms with Crippen LogP contribution < -0.4 is 0 Å². The van der Waals surface area contributed by atoms with Crippen molar-refractivity contribution in [2.24, 2.45) is 0 Å². The second-order valence-corrected chi connectivity index (χ2v) is 6.67. The van der Waals surface area contributed by atoms with Crippen molar-refractivity contribution >= 4 is 16.9 Å². The fraction of sp³-hybridized carbons (Fsp3) is 0.125. The predicted octanol–water partition coefficient (Wildman–Crippen LogP) is 5.45. The molecule has 3 heteroatoms. The molecule has 0 saturated heterocycles. The molecule has 0 spiro atoms. The third-order valence-electron chi connectivity index (χ3n) is 4.84. The maximum atomic E-state index is 12.8. The smallest absolute Gasteiger partial charge is 0.340 e. The van der Waals surface area contributed by atoms with Gasteiger partial charge in [0.2, 0.25) is 0 Å². The van der Waals surface area contributed by atoms with Gasteiger partial charge in [-0.15, -0.1) is 0 Å². The van der Waals surface area contributed by atoms with E-state index in [0.717, 1.165) is 27.7 Å². The molecule has 1 aromatic heterocycles. The molecule has 27 heavy (non-hydrogen) atoms. The molecule has 4 rings (SSSR count). The van der Waals surface area contributed by atoms with Gasteiger partial charge in [0.15, 0.2) is 0 Å². The Balaban J connectivity index is 2.06. The molecule has 0 amide bonds. The minimum atomic E-state index is -0.309. The van der Waals surface area contributed by atoms with Crippen LogP contribution in [0.15, 0.2) is 78.9 Å². The first-order valence-corrected chi connectivity index (χ1v) is 8.99. The van der Waals surface area contributed by atoms with Crippen molar-refractivity contribution in [1.82, 2.24) is 4.57 Å². The number of fused-ring (bicyclic) bond motifs is 1. The van der Waals surface area contributed by atoms with Crippen LogP contribution in [0.1, 0.15) is 21.5 Å². The number of methoxy groups -OCH3 is 1. The lowest BCUT2D eigenvalue weighted by Gasteiger charge is -2.12. The highest BCUT2D eigenvalue weighted by Gasteiger charge is 2.24. The quantitative estimate of drug-likeness (QED) is 0.456. The Morgan fingerprint density at radius 1 is 0.926 bits per heavy atom. The number of nitrogens with zero attached hydrogens (tertiary/aromatic N) is 1. The largest absolute Gasteiger partial charge is 0.465 e. The molecule has 0 atom stereocenters. The molecule has 0 radical (unpaired) electrons. The molecule has 1 heterocycles. The van der Waals surface area contributed by atoms with E-state index >= 15 is 0 Å². The summed E-state index contributed by atoms with van der Waals surface area (Å²) in [6, 6.07) is 26.6. The van der Waals surface area contributed by atoms with Gasteiger partial charge in [0.25, 0.3) is 0 Å². The van der Waals surface area contributed by atoms with Crippen molar-refractivity contribution < 1.29 is 9.53 Å². The van der Waals surface area contributed by atoms with Gasteiger partial charge in [-0.05, 0) is 30.2 Å². The monoisotopic (exact) mass is 355 g/mol. The average molecular weight is 355 g/mol. The van der Waals surface area contributed by atoms with Crippen LogP contribution in [0, 0.1) is 6.92 Å². The summed E-state index contributed by atoms with van der Waals surface area (Å²) in [5.74, 6) is -0.309. The van der Waals surface area contributed by atoms with Crippen LogP contribution in [-0.2, 0) is 11.3 Å². The van der Waals surface area contributed by atoms with E-state index in [-0.39, 0.29) is 5.97 Å². The Kier molecular flexibility index (Phi) is 4.51. The zero-order valence-electron chi connectivity index (χ0n) is 15.5. The number of rotatable bonds is 4. The molecule has 0 fully saturated rings. The zero-order chi connectivity index (χ0) is 18.8. The van der Waals surface area contributed by atoms with Crippen molar-refractivity contribution in [3.8, 4) is 11.3 Å². The van der Waals surface area contributed by atoms with E-state index in [2.05, 4.69) is 34.9 Å². The maximum absolute atomic E-state index is 12.8. The van der Waals surface area contributed by atoms with Crippen LogP contribution in [0.4, 0.5) is 0 Å². The summed E-state index contributed by atoms with van der Waals surface area (Å²) in [5.41, 5.74) is 5.85. The van der Waals surface area contributed by atoms with E-state index in [0.29, 0.717) is 12.1 Å². The number of aryl methyl sites for hydroxylation is 1. The second kappa shape index (κ2) is 7.12. The molecular formula is C24H21NO2. The van der Waals surface area contributed by atoms with E-state index in [1.54, 1.807) is 0 Å². The number of ether oxygens (including phenoxy) is 1.